The Bertz CT molecular complexity index is 568. The predicted molar refractivity (Wildman–Crippen MR) is 68.4 cm³/mol. The number of carboxylic acid groups (broad SMARTS) is 1. The molecule has 6 heteroatoms. The number of carbonyl (C=O) groups is 1. The first kappa shape index (κ1) is 12.2. The number of rotatable bonds is 3. The number of aromatic carboxylic acids is 1. The molecule has 1 aromatic heterocycles. The van der Waals surface area contributed by atoms with Crippen LogP contribution in [0.5, 0.6) is 0 Å². The van der Waals surface area contributed by atoms with Crippen molar-refractivity contribution in [2.75, 3.05) is 0 Å². The lowest BCUT2D eigenvalue weighted by Gasteiger charge is -2.04. The maximum atomic E-state index is 11.1. The molecule has 0 saturated carbocycles. The zero-order chi connectivity index (χ0) is 12.4. The van der Waals surface area contributed by atoms with Crippen LogP contribution in [0, 0.1) is 0 Å². The molecule has 0 amide bonds. The van der Waals surface area contributed by atoms with Gasteiger partial charge in [-0.05, 0) is 18.2 Å². The van der Waals surface area contributed by atoms with Crippen molar-refractivity contribution in [3.8, 4) is 0 Å². The summed E-state index contributed by atoms with van der Waals surface area (Å²) in [6.07, 6.45) is 3.55. The Kier molecular flexibility index (Phi) is 3.54. The summed E-state index contributed by atoms with van der Waals surface area (Å²) in [5.74, 6) is -0.927. The molecule has 88 valence electrons. The van der Waals surface area contributed by atoms with Gasteiger partial charge in [0.1, 0.15) is 0 Å². The number of hydrogen-bond donors (Lipinski definition) is 1. The lowest BCUT2D eigenvalue weighted by atomic mass is 10.2. The van der Waals surface area contributed by atoms with Gasteiger partial charge in [0.2, 0.25) is 0 Å². The molecule has 0 bridgehead atoms. The van der Waals surface area contributed by atoms with Crippen LogP contribution in [-0.2, 0) is 7.05 Å². The zero-order valence-corrected chi connectivity index (χ0v) is 11.3. The van der Waals surface area contributed by atoms with Crippen molar-refractivity contribution in [3.63, 3.8) is 0 Å². The molecule has 0 spiro atoms. The normalized spacial score (nSPS) is 10.5. The molecule has 0 saturated heterocycles. The molecule has 0 aliphatic carbocycles. The highest BCUT2D eigenvalue weighted by Gasteiger charge is 2.12. The third kappa shape index (κ3) is 2.89. The summed E-state index contributed by atoms with van der Waals surface area (Å²) in [5, 5.41) is 13.1. The van der Waals surface area contributed by atoms with E-state index in [1.165, 1.54) is 11.8 Å². The van der Waals surface area contributed by atoms with Crippen LogP contribution in [-0.4, -0.2) is 20.9 Å². The molecular weight excluding hydrogens is 304 g/mol. The Balaban J connectivity index is 2.37. The highest BCUT2D eigenvalue weighted by molar-refractivity contribution is 9.10. The number of nitrogens with zero attached hydrogens (tertiary/aromatic N) is 2. The van der Waals surface area contributed by atoms with Gasteiger partial charge in [0, 0.05) is 22.6 Å². The van der Waals surface area contributed by atoms with Gasteiger partial charge in [-0.15, -0.1) is 0 Å². The number of benzene rings is 1. The second-order valence-electron chi connectivity index (χ2n) is 3.40. The van der Waals surface area contributed by atoms with Gasteiger partial charge in [-0.25, -0.2) is 4.79 Å². The first-order valence-electron chi connectivity index (χ1n) is 4.75. The van der Waals surface area contributed by atoms with Crippen molar-refractivity contribution in [2.24, 2.45) is 7.05 Å². The Morgan fingerprint density at radius 3 is 2.88 bits per heavy atom. The molecular formula is C11H9BrN2O2S. The van der Waals surface area contributed by atoms with E-state index in [1.807, 2.05) is 13.2 Å². The van der Waals surface area contributed by atoms with E-state index in [9.17, 15) is 4.79 Å². The van der Waals surface area contributed by atoms with Gasteiger partial charge in [-0.3, -0.25) is 4.68 Å². The molecule has 0 aliphatic rings. The molecule has 2 aromatic rings. The van der Waals surface area contributed by atoms with E-state index in [2.05, 4.69) is 21.0 Å². The van der Waals surface area contributed by atoms with Gasteiger partial charge >= 0.3 is 5.97 Å². The average molecular weight is 313 g/mol. The SMILES string of the molecule is Cn1cc(Sc2cc(Br)ccc2C(=O)O)cn1. The number of aryl methyl sites for hydroxylation is 1. The van der Waals surface area contributed by atoms with Gasteiger partial charge in [-0.1, -0.05) is 27.7 Å². The van der Waals surface area contributed by atoms with Crippen molar-refractivity contribution in [3.05, 3.63) is 40.6 Å². The van der Waals surface area contributed by atoms with Gasteiger partial charge in [0.15, 0.2) is 0 Å². The Morgan fingerprint density at radius 1 is 1.53 bits per heavy atom. The summed E-state index contributed by atoms with van der Waals surface area (Å²) in [6, 6.07) is 5.10. The van der Waals surface area contributed by atoms with Crippen LogP contribution in [0.2, 0.25) is 0 Å². The number of halogens is 1. The standard InChI is InChI=1S/C11H9BrN2O2S/c1-14-6-8(5-13-14)17-10-4-7(12)2-3-9(10)11(15)16/h2-6H,1H3,(H,15,16). The lowest BCUT2D eigenvalue weighted by molar-refractivity contribution is 0.0693. The molecule has 4 nitrogen and oxygen atoms in total. The summed E-state index contributed by atoms with van der Waals surface area (Å²) in [7, 11) is 1.82. The van der Waals surface area contributed by atoms with Gasteiger partial charge in [-0.2, -0.15) is 5.10 Å². The Labute approximate surface area is 111 Å². The summed E-state index contributed by atoms with van der Waals surface area (Å²) >= 11 is 4.72. The molecule has 0 radical (unpaired) electrons. The van der Waals surface area contributed by atoms with E-state index in [4.69, 9.17) is 5.11 Å². The largest absolute Gasteiger partial charge is 0.478 e. The molecule has 0 unspecified atom stereocenters. The third-order valence-corrected chi connectivity index (χ3v) is 3.58. The fraction of sp³-hybridized carbons (Fsp3) is 0.0909. The fourth-order valence-electron chi connectivity index (χ4n) is 1.34. The van der Waals surface area contributed by atoms with E-state index in [-0.39, 0.29) is 0 Å². The summed E-state index contributed by atoms with van der Waals surface area (Å²) in [6.45, 7) is 0. The van der Waals surface area contributed by atoms with Crippen molar-refractivity contribution in [1.29, 1.82) is 0 Å². The van der Waals surface area contributed by atoms with Crippen molar-refractivity contribution >= 4 is 33.7 Å². The minimum absolute atomic E-state index is 0.294. The van der Waals surface area contributed by atoms with Crippen LogP contribution in [0.4, 0.5) is 0 Å². The number of aromatic nitrogens is 2. The van der Waals surface area contributed by atoms with Crippen LogP contribution >= 0.6 is 27.7 Å². The molecule has 1 N–H and O–H groups in total. The van der Waals surface area contributed by atoms with Gasteiger partial charge in [0.25, 0.3) is 0 Å². The smallest absolute Gasteiger partial charge is 0.336 e. The van der Waals surface area contributed by atoms with Crippen LogP contribution in [0.25, 0.3) is 0 Å². The summed E-state index contributed by atoms with van der Waals surface area (Å²) in [4.78, 5) is 12.7. The van der Waals surface area contributed by atoms with Crippen LogP contribution in [0.3, 0.4) is 0 Å². The molecule has 0 fully saturated rings. The maximum Gasteiger partial charge on any atom is 0.336 e. The van der Waals surface area contributed by atoms with E-state index >= 15 is 0 Å². The van der Waals surface area contributed by atoms with E-state index in [1.54, 1.807) is 29.1 Å². The highest BCUT2D eigenvalue weighted by Crippen LogP contribution is 2.32. The van der Waals surface area contributed by atoms with Gasteiger partial charge < -0.3 is 5.11 Å². The fourth-order valence-corrected chi connectivity index (χ4v) is 2.86. The lowest BCUT2D eigenvalue weighted by Crippen LogP contribution is -1.98. The molecule has 0 aliphatic heterocycles. The average Bonchev–Trinajstić information content (AvgIpc) is 2.63. The summed E-state index contributed by atoms with van der Waals surface area (Å²) in [5.41, 5.74) is 0.294. The molecule has 1 aromatic carbocycles. The minimum Gasteiger partial charge on any atom is -0.478 e. The number of hydrogen-bond acceptors (Lipinski definition) is 3. The van der Waals surface area contributed by atoms with Crippen LogP contribution in [0.1, 0.15) is 10.4 Å². The zero-order valence-electron chi connectivity index (χ0n) is 8.92. The van der Waals surface area contributed by atoms with Crippen molar-refractivity contribution < 1.29 is 9.90 Å². The van der Waals surface area contributed by atoms with Crippen molar-refractivity contribution in [1.82, 2.24) is 9.78 Å². The molecule has 2 rings (SSSR count). The Hall–Kier alpha value is -1.27. The number of carboxylic acids is 1. The molecule has 1 heterocycles. The second kappa shape index (κ2) is 4.93. The maximum absolute atomic E-state index is 11.1. The quantitative estimate of drug-likeness (QED) is 0.946. The van der Waals surface area contributed by atoms with Gasteiger partial charge in [0.05, 0.1) is 16.7 Å². The van der Waals surface area contributed by atoms with Crippen molar-refractivity contribution in [2.45, 2.75) is 9.79 Å². The first-order valence-corrected chi connectivity index (χ1v) is 6.36. The summed E-state index contributed by atoms with van der Waals surface area (Å²) < 4.78 is 2.54. The van der Waals surface area contributed by atoms with E-state index in [0.29, 0.717) is 10.5 Å². The third-order valence-electron chi connectivity index (χ3n) is 2.08. The highest BCUT2D eigenvalue weighted by atomic mass is 79.9. The first-order chi connectivity index (χ1) is 8.06. The molecule has 17 heavy (non-hydrogen) atoms. The van der Waals surface area contributed by atoms with Crippen LogP contribution in [0.15, 0.2) is 44.9 Å². The Morgan fingerprint density at radius 2 is 2.29 bits per heavy atom. The monoisotopic (exact) mass is 312 g/mol. The predicted octanol–water partition coefficient (Wildman–Crippen LogP) is 3.03. The molecule has 0 atom stereocenters. The van der Waals surface area contributed by atoms with E-state index in [0.717, 1.165) is 9.37 Å². The minimum atomic E-state index is -0.927. The van der Waals surface area contributed by atoms with E-state index < -0.39 is 5.97 Å². The topological polar surface area (TPSA) is 55.1 Å². The van der Waals surface area contributed by atoms with Crippen LogP contribution < -0.4 is 0 Å². The second-order valence-corrected chi connectivity index (χ2v) is 5.43.